The molecular formula is C18H27NO6. The van der Waals surface area contributed by atoms with Crippen molar-refractivity contribution >= 4 is 17.6 Å². The van der Waals surface area contributed by atoms with E-state index in [-0.39, 0.29) is 29.8 Å². The average Bonchev–Trinajstić information content (AvgIpc) is 2.49. The Hall–Kier alpha value is -1.96. The molecule has 0 aliphatic heterocycles. The van der Waals surface area contributed by atoms with Crippen LogP contribution in [0.3, 0.4) is 0 Å². The first kappa shape index (κ1) is 21.1. The van der Waals surface area contributed by atoms with Crippen molar-refractivity contribution in [1.29, 1.82) is 0 Å². The molecule has 0 aliphatic carbocycles. The number of hydrogen-bond donors (Lipinski definition) is 2. The van der Waals surface area contributed by atoms with Gasteiger partial charge < -0.3 is 14.7 Å². The van der Waals surface area contributed by atoms with E-state index < -0.39 is 5.23 Å². The summed E-state index contributed by atoms with van der Waals surface area (Å²) in [5.74, 6) is -0.667. The Morgan fingerprint density at radius 3 is 2.08 bits per heavy atom. The zero-order valence-electron chi connectivity index (χ0n) is 15.2. The topological polar surface area (TPSA) is 100 Å². The Bertz CT molecular complexity index is 587. The second-order valence-electron chi connectivity index (χ2n) is 6.21. The highest BCUT2D eigenvalue weighted by Crippen LogP contribution is 2.19. The van der Waals surface area contributed by atoms with Gasteiger partial charge in [0.05, 0.1) is 12.2 Å². The van der Waals surface area contributed by atoms with Crippen molar-refractivity contribution in [2.75, 3.05) is 0 Å². The molecule has 0 heterocycles. The minimum absolute atomic E-state index is 0.213. The van der Waals surface area contributed by atoms with Crippen LogP contribution in [0, 0.1) is 5.21 Å². The molecule has 0 aromatic heterocycles. The second kappa shape index (κ2) is 10.1. The number of aryl methyl sites for hydroxylation is 2. The number of quaternary nitrogens is 1. The lowest BCUT2D eigenvalue weighted by atomic mass is 10.00. The molecule has 1 aromatic rings. The van der Waals surface area contributed by atoms with Gasteiger partial charge in [-0.3, -0.25) is 9.59 Å². The molecule has 25 heavy (non-hydrogen) atoms. The molecule has 0 bridgehead atoms. The van der Waals surface area contributed by atoms with Crippen LogP contribution in [0.4, 0.5) is 5.69 Å². The van der Waals surface area contributed by atoms with Crippen molar-refractivity contribution in [2.45, 2.75) is 65.6 Å². The van der Waals surface area contributed by atoms with Crippen LogP contribution in [0.5, 0.6) is 0 Å². The summed E-state index contributed by atoms with van der Waals surface area (Å²) in [6, 6.07) is 5.35. The summed E-state index contributed by atoms with van der Waals surface area (Å²) in [4.78, 5) is 21.8. The molecule has 3 atom stereocenters. The van der Waals surface area contributed by atoms with Crippen molar-refractivity contribution < 1.29 is 29.5 Å². The molecule has 1 rings (SSSR count). The quantitative estimate of drug-likeness (QED) is 0.519. The van der Waals surface area contributed by atoms with Gasteiger partial charge in [-0.1, -0.05) is 12.1 Å². The van der Waals surface area contributed by atoms with Crippen LogP contribution in [-0.4, -0.2) is 29.4 Å². The first-order chi connectivity index (χ1) is 11.7. The summed E-state index contributed by atoms with van der Waals surface area (Å²) in [6.07, 6.45) is 1.85. The molecule has 0 fully saturated rings. The zero-order valence-corrected chi connectivity index (χ0v) is 15.2. The van der Waals surface area contributed by atoms with Gasteiger partial charge in [0.25, 0.3) is 0 Å². The highest BCUT2D eigenvalue weighted by atomic mass is 16.8. The molecule has 7 heteroatoms. The standard InChI is InChI=1S/C18H27NO6/c1-12(24-14(3)20)5-7-16-8-10-17(18(11-16)19(22)23)9-6-13(2)25-15(4)21/h8,10-13,19,22H,5-7,9H2,1-4H3/t12-,13-/m0/s1. The first-order valence-corrected chi connectivity index (χ1v) is 8.38. The van der Waals surface area contributed by atoms with Gasteiger partial charge in [-0.2, -0.15) is 5.23 Å². The number of rotatable bonds is 9. The number of nitrogens with one attached hydrogen (secondary N) is 1. The number of ether oxygens (including phenoxy) is 2. The van der Waals surface area contributed by atoms with E-state index in [4.69, 9.17) is 9.47 Å². The summed E-state index contributed by atoms with van der Waals surface area (Å²) < 4.78 is 10.1. The van der Waals surface area contributed by atoms with Gasteiger partial charge in [-0.15, -0.1) is 0 Å². The summed E-state index contributed by atoms with van der Waals surface area (Å²) in [5.41, 5.74) is 1.85. The fraction of sp³-hybridized carbons (Fsp3) is 0.556. The molecule has 0 radical (unpaired) electrons. The summed E-state index contributed by atoms with van der Waals surface area (Å²) in [6.45, 7) is 6.31. The molecule has 0 amide bonds. The molecule has 140 valence electrons. The van der Waals surface area contributed by atoms with Crippen LogP contribution in [0.25, 0.3) is 0 Å². The van der Waals surface area contributed by atoms with Crippen LogP contribution in [-0.2, 0) is 31.9 Å². The van der Waals surface area contributed by atoms with E-state index in [1.807, 2.05) is 13.0 Å². The predicted molar refractivity (Wildman–Crippen MR) is 91.3 cm³/mol. The number of carbonyl (C=O) groups excluding carboxylic acids is 2. The van der Waals surface area contributed by atoms with Crippen LogP contribution < -0.4 is 5.23 Å². The maximum atomic E-state index is 11.5. The van der Waals surface area contributed by atoms with E-state index >= 15 is 0 Å². The largest absolute Gasteiger partial charge is 0.595 e. The number of hydrogen-bond acceptors (Lipinski definition) is 6. The molecule has 0 saturated heterocycles. The van der Waals surface area contributed by atoms with Gasteiger partial charge in [0.15, 0.2) is 5.69 Å². The van der Waals surface area contributed by atoms with E-state index in [0.717, 1.165) is 5.56 Å². The number of esters is 2. The van der Waals surface area contributed by atoms with Gasteiger partial charge in [0.1, 0.15) is 0 Å². The summed E-state index contributed by atoms with van der Waals surface area (Å²) in [5, 5.41) is 20.0. The van der Waals surface area contributed by atoms with Crippen molar-refractivity contribution in [2.24, 2.45) is 0 Å². The average molecular weight is 353 g/mol. The van der Waals surface area contributed by atoms with Crippen LogP contribution >= 0.6 is 0 Å². The first-order valence-electron chi connectivity index (χ1n) is 8.38. The molecular weight excluding hydrogens is 326 g/mol. The Balaban J connectivity index is 2.72. The number of benzene rings is 1. The fourth-order valence-electron chi connectivity index (χ4n) is 2.61. The van der Waals surface area contributed by atoms with Crippen LogP contribution in [0.2, 0.25) is 0 Å². The van der Waals surface area contributed by atoms with Crippen molar-refractivity contribution in [1.82, 2.24) is 0 Å². The maximum Gasteiger partial charge on any atom is 0.302 e. The normalized spacial score (nSPS) is 14.5. The van der Waals surface area contributed by atoms with Crippen LogP contribution in [0.1, 0.15) is 51.7 Å². The second-order valence-corrected chi connectivity index (χ2v) is 6.21. The SMILES string of the molecule is CC(=O)O[C@@H](C)CCc1ccc(CC[C@H](C)OC(C)=O)c([NH+]([O-])O)c1. The predicted octanol–water partition coefficient (Wildman–Crippen LogP) is 1.86. The monoisotopic (exact) mass is 353 g/mol. The van der Waals surface area contributed by atoms with Crippen molar-refractivity contribution in [3.63, 3.8) is 0 Å². The Morgan fingerprint density at radius 2 is 1.60 bits per heavy atom. The molecule has 0 saturated carbocycles. The third kappa shape index (κ3) is 8.11. The molecule has 0 spiro atoms. The minimum Gasteiger partial charge on any atom is -0.595 e. The van der Waals surface area contributed by atoms with E-state index in [9.17, 15) is 20.0 Å². The maximum absolute atomic E-state index is 11.5. The molecule has 2 N–H and O–H groups in total. The van der Waals surface area contributed by atoms with Crippen molar-refractivity contribution in [3.8, 4) is 0 Å². The zero-order chi connectivity index (χ0) is 19.0. The van der Waals surface area contributed by atoms with Gasteiger partial charge in [-0.05, 0) is 45.1 Å². The smallest absolute Gasteiger partial charge is 0.302 e. The minimum atomic E-state index is -0.981. The van der Waals surface area contributed by atoms with Gasteiger partial charge in [0.2, 0.25) is 0 Å². The lowest BCUT2D eigenvalue weighted by molar-refractivity contribution is -0.991. The summed E-state index contributed by atoms with van der Waals surface area (Å²) in [7, 11) is 0. The third-order valence-electron chi connectivity index (χ3n) is 3.80. The van der Waals surface area contributed by atoms with E-state index in [1.54, 1.807) is 19.1 Å². The fourth-order valence-corrected chi connectivity index (χ4v) is 2.61. The highest BCUT2D eigenvalue weighted by molar-refractivity contribution is 5.66. The Kier molecular flexibility index (Phi) is 8.54. The van der Waals surface area contributed by atoms with Gasteiger partial charge in [-0.25, -0.2) is 5.21 Å². The van der Waals surface area contributed by atoms with E-state index in [0.29, 0.717) is 31.2 Å². The Labute approximate surface area is 148 Å². The van der Waals surface area contributed by atoms with Crippen molar-refractivity contribution in [3.05, 3.63) is 34.5 Å². The highest BCUT2D eigenvalue weighted by Gasteiger charge is 2.14. The molecule has 1 aromatic carbocycles. The third-order valence-corrected chi connectivity index (χ3v) is 3.80. The molecule has 0 aliphatic rings. The molecule has 7 nitrogen and oxygen atoms in total. The number of carbonyl (C=O) groups is 2. The van der Waals surface area contributed by atoms with E-state index in [2.05, 4.69) is 0 Å². The van der Waals surface area contributed by atoms with Crippen LogP contribution in [0.15, 0.2) is 18.2 Å². The lowest BCUT2D eigenvalue weighted by Crippen LogP contribution is -2.99. The van der Waals surface area contributed by atoms with Gasteiger partial charge in [0, 0.05) is 25.5 Å². The summed E-state index contributed by atoms with van der Waals surface area (Å²) >= 11 is 0. The van der Waals surface area contributed by atoms with Gasteiger partial charge >= 0.3 is 11.9 Å². The Morgan fingerprint density at radius 1 is 1.08 bits per heavy atom. The molecule has 1 unspecified atom stereocenters. The lowest BCUT2D eigenvalue weighted by Gasteiger charge is -2.19. The van der Waals surface area contributed by atoms with E-state index in [1.165, 1.54) is 13.8 Å².